The molecule has 0 aliphatic rings. The van der Waals surface area contributed by atoms with Crippen LogP contribution >= 0.6 is 43.5 Å². The van der Waals surface area contributed by atoms with Crippen LogP contribution in [0.15, 0.2) is 21.1 Å². The molecule has 0 saturated heterocycles. The first-order valence-corrected chi connectivity index (χ1v) is 7.75. The van der Waals surface area contributed by atoms with Crippen molar-refractivity contribution in [1.29, 1.82) is 0 Å². The predicted molar refractivity (Wildman–Crippen MR) is 83.0 cm³/mol. The number of aliphatic hydroxyl groups is 1. The van der Waals surface area contributed by atoms with Gasteiger partial charge in [-0.25, -0.2) is 4.79 Å². The van der Waals surface area contributed by atoms with Gasteiger partial charge in [-0.2, -0.15) is 0 Å². The summed E-state index contributed by atoms with van der Waals surface area (Å²) in [7, 11) is 0. The average Bonchev–Trinajstić information content (AvgIpc) is 2.37. The SMILES string of the molecule is CCOC(=O)c1cc(Br)c(NCC(O)CCl)c(Br)c1. The Morgan fingerprint density at radius 2 is 2.05 bits per heavy atom. The number of alkyl halides is 1. The molecule has 0 aliphatic carbocycles. The van der Waals surface area contributed by atoms with E-state index in [0.717, 1.165) is 5.69 Å². The van der Waals surface area contributed by atoms with Crippen LogP contribution in [0.1, 0.15) is 17.3 Å². The number of anilines is 1. The molecule has 7 heteroatoms. The fourth-order valence-corrected chi connectivity index (χ4v) is 2.92. The molecule has 1 unspecified atom stereocenters. The normalized spacial score (nSPS) is 12.1. The lowest BCUT2D eigenvalue weighted by atomic mass is 10.2. The monoisotopic (exact) mass is 413 g/mol. The second-order valence-electron chi connectivity index (χ2n) is 3.72. The van der Waals surface area contributed by atoms with Crippen molar-refractivity contribution >= 4 is 55.1 Å². The third kappa shape index (κ3) is 4.95. The first-order chi connectivity index (χ1) is 8.99. The minimum Gasteiger partial charge on any atom is -0.462 e. The molecule has 4 nitrogen and oxygen atoms in total. The Bertz CT molecular complexity index is 434. The Morgan fingerprint density at radius 3 is 2.53 bits per heavy atom. The van der Waals surface area contributed by atoms with Crippen LogP contribution in [0.4, 0.5) is 5.69 Å². The third-order valence-corrected chi connectivity index (χ3v) is 3.85. The van der Waals surface area contributed by atoms with Gasteiger partial charge in [0.25, 0.3) is 0 Å². The van der Waals surface area contributed by atoms with Gasteiger partial charge in [-0.3, -0.25) is 0 Å². The summed E-state index contributed by atoms with van der Waals surface area (Å²) in [4.78, 5) is 11.6. The second kappa shape index (κ2) is 8.09. The van der Waals surface area contributed by atoms with Crippen molar-refractivity contribution in [3.05, 3.63) is 26.6 Å². The number of esters is 1. The van der Waals surface area contributed by atoms with Gasteiger partial charge >= 0.3 is 5.97 Å². The summed E-state index contributed by atoms with van der Waals surface area (Å²) >= 11 is 12.3. The van der Waals surface area contributed by atoms with E-state index in [4.69, 9.17) is 16.3 Å². The number of benzene rings is 1. The molecule has 1 aromatic rings. The van der Waals surface area contributed by atoms with Gasteiger partial charge in [0.2, 0.25) is 0 Å². The van der Waals surface area contributed by atoms with E-state index in [0.29, 0.717) is 27.7 Å². The lowest BCUT2D eigenvalue weighted by Gasteiger charge is -2.14. The molecule has 2 N–H and O–H groups in total. The zero-order valence-electron chi connectivity index (χ0n) is 10.3. The number of nitrogens with one attached hydrogen (secondary N) is 1. The van der Waals surface area contributed by atoms with Gasteiger partial charge in [0.15, 0.2) is 0 Å². The van der Waals surface area contributed by atoms with Crippen LogP contribution in [0, 0.1) is 0 Å². The summed E-state index contributed by atoms with van der Waals surface area (Å²) in [5.74, 6) is -0.223. The molecule has 0 saturated carbocycles. The molecule has 0 aliphatic heterocycles. The van der Waals surface area contributed by atoms with E-state index in [-0.39, 0.29) is 11.8 Å². The highest BCUT2D eigenvalue weighted by molar-refractivity contribution is 9.11. The van der Waals surface area contributed by atoms with Crippen molar-refractivity contribution in [2.75, 3.05) is 24.3 Å². The fraction of sp³-hybridized carbons (Fsp3) is 0.417. The number of ether oxygens (including phenoxy) is 1. The predicted octanol–water partition coefficient (Wildman–Crippen LogP) is 3.40. The fourth-order valence-electron chi connectivity index (χ4n) is 1.35. The molecule has 106 valence electrons. The number of carbonyl (C=O) groups is 1. The number of carbonyl (C=O) groups excluding carboxylic acids is 1. The first kappa shape index (κ1) is 16.8. The average molecular weight is 416 g/mol. The number of hydrogen-bond donors (Lipinski definition) is 2. The Balaban J connectivity index is 2.88. The summed E-state index contributed by atoms with van der Waals surface area (Å²) in [5, 5.41) is 12.5. The zero-order valence-corrected chi connectivity index (χ0v) is 14.2. The molecule has 0 amide bonds. The maximum atomic E-state index is 11.6. The minimum absolute atomic E-state index is 0.156. The van der Waals surface area contributed by atoms with Crippen molar-refractivity contribution in [3.63, 3.8) is 0 Å². The van der Waals surface area contributed by atoms with Crippen LogP contribution in [0.25, 0.3) is 0 Å². The highest BCUT2D eigenvalue weighted by atomic mass is 79.9. The molecule has 1 atom stereocenters. The van der Waals surface area contributed by atoms with Gasteiger partial charge in [-0.1, -0.05) is 0 Å². The van der Waals surface area contributed by atoms with Crippen molar-refractivity contribution in [1.82, 2.24) is 0 Å². The third-order valence-electron chi connectivity index (χ3n) is 2.25. The Labute approximate surface area is 133 Å². The van der Waals surface area contributed by atoms with Crippen LogP contribution in [-0.4, -0.2) is 36.2 Å². The lowest BCUT2D eigenvalue weighted by molar-refractivity contribution is 0.0526. The molecule has 0 heterocycles. The molecule has 0 spiro atoms. The van der Waals surface area contributed by atoms with Crippen molar-refractivity contribution in [2.45, 2.75) is 13.0 Å². The van der Waals surface area contributed by atoms with E-state index < -0.39 is 6.10 Å². The first-order valence-electron chi connectivity index (χ1n) is 5.63. The van der Waals surface area contributed by atoms with Gasteiger partial charge in [0, 0.05) is 15.5 Å². The van der Waals surface area contributed by atoms with E-state index >= 15 is 0 Å². The van der Waals surface area contributed by atoms with Gasteiger partial charge < -0.3 is 15.2 Å². The number of halogens is 3. The van der Waals surface area contributed by atoms with Crippen LogP contribution < -0.4 is 5.32 Å². The quantitative estimate of drug-likeness (QED) is 0.552. The molecule has 0 radical (unpaired) electrons. The van der Waals surface area contributed by atoms with Gasteiger partial charge in [0.05, 0.1) is 29.8 Å². The van der Waals surface area contributed by atoms with Crippen LogP contribution in [-0.2, 0) is 4.74 Å². The van der Waals surface area contributed by atoms with E-state index in [2.05, 4.69) is 37.2 Å². The Morgan fingerprint density at radius 1 is 1.47 bits per heavy atom. The molecule has 0 fully saturated rings. The maximum Gasteiger partial charge on any atom is 0.338 e. The maximum absolute atomic E-state index is 11.6. The van der Waals surface area contributed by atoms with E-state index in [1.54, 1.807) is 19.1 Å². The Kier molecular flexibility index (Phi) is 7.13. The molecular formula is C12H14Br2ClNO3. The molecule has 0 bridgehead atoms. The van der Waals surface area contributed by atoms with Crippen molar-refractivity contribution < 1.29 is 14.6 Å². The van der Waals surface area contributed by atoms with E-state index in [1.165, 1.54) is 0 Å². The number of hydrogen-bond acceptors (Lipinski definition) is 4. The van der Waals surface area contributed by atoms with Crippen LogP contribution in [0.3, 0.4) is 0 Å². The minimum atomic E-state index is -0.634. The molecule has 1 aromatic carbocycles. The smallest absolute Gasteiger partial charge is 0.338 e. The van der Waals surface area contributed by atoms with Gasteiger partial charge in [0.1, 0.15) is 0 Å². The molecule has 19 heavy (non-hydrogen) atoms. The van der Waals surface area contributed by atoms with E-state index in [1.807, 2.05) is 0 Å². The van der Waals surface area contributed by atoms with Crippen molar-refractivity contribution in [3.8, 4) is 0 Å². The highest BCUT2D eigenvalue weighted by Gasteiger charge is 2.14. The lowest BCUT2D eigenvalue weighted by Crippen LogP contribution is -2.21. The Hall–Kier alpha value is -0.300. The zero-order chi connectivity index (χ0) is 14.4. The van der Waals surface area contributed by atoms with Gasteiger partial charge in [-0.05, 0) is 50.9 Å². The second-order valence-corrected chi connectivity index (χ2v) is 5.74. The summed E-state index contributed by atoms with van der Waals surface area (Å²) in [6.07, 6.45) is -0.634. The van der Waals surface area contributed by atoms with Crippen LogP contribution in [0.2, 0.25) is 0 Å². The summed E-state index contributed by atoms with van der Waals surface area (Å²) in [6.45, 7) is 2.40. The number of aliphatic hydroxyl groups excluding tert-OH is 1. The van der Waals surface area contributed by atoms with Crippen LogP contribution in [0.5, 0.6) is 0 Å². The van der Waals surface area contributed by atoms with Crippen molar-refractivity contribution in [2.24, 2.45) is 0 Å². The molecule has 1 rings (SSSR count). The summed E-state index contributed by atoms with van der Waals surface area (Å²) in [6, 6.07) is 3.33. The summed E-state index contributed by atoms with van der Waals surface area (Å²) in [5.41, 5.74) is 1.20. The topological polar surface area (TPSA) is 58.6 Å². The molecule has 0 aromatic heterocycles. The number of rotatable bonds is 6. The highest BCUT2D eigenvalue weighted by Crippen LogP contribution is 2.32. The van der Waals surface area contributed by atoms with Gasteiger partial charge in [-0.15, -0.1) is 11.6 Å². The largest absolute Gasteiger partial charge is 0.462 e. The summed E-state index contributed by atoms with van der Waals surface area (Å²) < 4.78 is 6.34. The molecular weight excluding hydrogens is 401 g/mol. The standard InChI is InChI=1S/C12H14Br2ClNO3/c1-2-19-12(18)7-3-9(13)11(10(14)4-7)16-6-8(17)5-15/h3-4,8,16-17H,2,5-6H2,1H3. The van der Waals surface area contributed by atoms with E-state index in [9.17, 15) is 9.90 Å².